The van der Waals surface area contributed by atoms with Gasteiger partial charge in [0.25, 0.3) is 0 Å². The molecule has 0 bridgehead atoms. The Morgan fingerprint density at radius 3 is 2.55 bits per heavy atom. The molecule has 0 aromatic rings. The van der Waals surface area contributed by atoms with E-state index in [4.69, 9.17) is 5.41 Å². The molecule has 0 fully saturated rings. The standard InChI is InChI=1S/C10H19N/c1-4-5-6-7-8-10(11)9(2)3/h4-5,9,11H,6-8H2,1-3H3/b5-4-,11-10?. The first-order chi connectivity index (χ1) is 5.18. The van der Waals surface area contributed by atoms with Gasteiger partial charge in [0, 0.05) is 5.71 Å². The summed E-state index contributed by atoms with van der Waals surface area (Å²) < 4.78 is 0. The molecule has 0 aromatic heterocycles. The smallest absolute Gasteiger partial charge is 0.0115 e. The number of hydrogen-bond acceptors (Lipinski definition) is 1. The highest BCUT2D eigenvalue weighted by Gasteiger charge is 2.00. The lowest BCUT2D eigenvalue weighted by Crippen LogP contribution is -2.04. The number of nitrogens with one attached hydrogen (secondary N) is 1. The van der Waals surface area contributed by atoms with Crippen LogP contribution < -0.4 is 0 Å². The Labute approximate surface area is 70.0 Å². The van der Waals surface area contributed by atoms with E-state index in [1.807, 2.05) is 6.92 Å². The predicted molar refractivity (Wildman–Crippen MR) is 51.2 cm³/mol. The number of allylic oxidation sites excluding steroid dienone is 2. The summed E-state index contributed by atoms with van der Waals surface area (Å²) >= 11 is 0. The second kappa shape index (κ2) is 6.14. The third kappa shape index (κ3) is 5.84. The highest BCUT2D eigenvalue weighted by molar-refractivity contribution is 5.83. The van der Waals surface area contributed by atoms with Gasteiger partial charge in [0.15, 0.2) is 0 Å². The van der Waals surface area contributed by atoms with Gasteiger partial charge in [-0.25, -0.2) is 0 Å². The van der Waals surface area contributed by atoms with E-state index in [2.05, 4.69) is 26.0 Å². The normalized spacial score (nSPS) is 11.3. The molecule has 0 heterocycles. The Bertz CT molecular complexity index is 134. The summed E-state index contributed by atoms with van der Waals surface area (Å²) in [5.41, 5.74) is 0.884. The van der Waals surface area contributed by atoms with E-state index in [0.29, 0.717) is 5.92 Å². The van der Waals surface area contributed by atoms with Crippen LogP contribution in [0.3, 0.4) is 0 Å². The van der Waals surface area contributed by atoms with Crippen molar-refractivity contribution in [2.45, 2.75) is 40.0 Å². The van der Waals surface area contributed by atoms with Crippen LogP contribution in [0.5, 0.6) is 0 Å². The zero-order chi connectivity index (χ0) is 8.69. The van der Waals surface area contributed by atoms with Crippen LogP contribution in [0.25, 0.3) is 0 Å². The molecule has 0 saturated heterocycles. The minimum absolute atomic E-state index is 0.431. The predicted octanol–water partition coefficient (Wildman–Crippen LogP) is 3.41. The van der Waals surface area contributed by atoms with Crippen molar-refractivity contribution < 1.29 is 0 Å². The monoisotopic (exact) mass is 153 g/mol. The van der Waals surface area contributed by atoms with Crippen LogP contribution in [-0.4, -0.2) is 5.71 Å². The largest absolute Gasteiger partial charge is 0.309 e. The maximum atomic E-state index is 7.55. The molecule has 0 unspecified atom stereocenters. The molecule has 1 heteroatoms. The minimum atomic E-state index is 0.431. The molecule has 1 N–H and O–H groups in total. The van der Waals surface area contributed by atoms with Crippen LogP contribution >= 0.6 is 0 Å². The van der Waals surface area contributed by atoms with E-state index in [-0.39, 0.29) is 0 Å². The van der Waals surface area contributed by atoms with Crippen LogP contribution in [0.4, 0.5) is 0 Å². The first-order valence-electron chi connectivity index (χ1n) is 4.37. The highest BCUT2D eigenvalue weighted by Crippen LogP contribution is 2.04. The van der Waals surface area contributed by atoms with E-state index in [0.717, 1.165) is 25.0 Å². The maximum Gasteiger partial charge on any atom is 0.0115 e. The fourth-order valence-electron chi connectivity index (χ4n) is 0.866. The topological polar surface area (TPSA) is 23.9 Å². The molecular formula is C10H19N. The number of hydrogen-bond donors (Lipinski definition) is 1. The van der Waals surface area contributed by atoms with Gasteiger partial charge in [0.05, 0.1) is 0 Å². The molecule has 64 valence electrons. The zero-order valence-electron chi connectivity index (χ0n) is 7.85. The average Bonchev–Trinajstić information content (AvgIpc) is 1.97. The van der Waals surface area contributed by atoms with E-state index in [9.17, 15) is 0 Å². The van der Waals surface area contributed by atoms with Gasteiger partial charge < -0.3 is 5.41 Å². The molecule has 0 aliphatic carbocycles. The average molecular weight is 153 g/mol. The van der Waals surface area contributed by atoms with E-state index >= 15 is 0 Å². The lowest BCUT2D eigenvalue weighted by molar-refractivity contribution is 0.796. The molecule has 0 radical (unpaired) electrons. The van der Waals surface area contributed by atoms with Crippen molar-refractivity contribution in [3.8, 4) is 0 Å². The van der Waals surface area contributed by atoms with E-state index in [1.54, 1.807) is 0 Å². The van der Waals surface area contributed by atoms with Crippen molar-refractivity contribution in [3.63, 3.8) is 0 Å². The molecule has 0 amide bonds. The van der Waals surface area contributed by atoms with Crippen LogP contribution in [0.15, 0.2) is 12.2 Å². The molecule has 0 saturated carbocycles. The van der Waals surface area contributed by atoms with Crippen molar-refractivity contribution in [2.75, 3.05) is 0 Å². The molecule has 0 spiro atoms. The summed E-state index contributed by atoms with van der Waals surface area (Å²) in [6.45, 7) is 6.20. The van der Waals surface area contributed by atoms with Crippen molar-refractivity contribution in [2.24, 2.45) is 5.92 Å². The van der Waals surface area contributed by atoms with Gasteiger partial charge in [-0.2, -0.15) is 0 Å². The summed E-state index contributed by atoms with van der Waals surface area (Å²) in [6.07, 6.45) is 7.43. The van der Waals surface area contributed by atoms with Gasteiger partial charge in [-0.3, -0.25) is 0 Å². The zero-order valence-corrected chi connectivity index (χ0v) is 7.85. The third-order valence-corrected chi connectivity index (χ3v) is 1.75. The Hall–Kier alpha value is -0.590. The molecule has 0 aliphatic rings. The molecule has 0 atom stereocenters. The Morgan fingerprint density at radius 2 is 2.09 bits per heavy atom. The highest BCUT2D eigenvalue weighted by atomic mass is 14.4. The molecular weight excluding hydrogens is 134 g/mol. The van der Waals surface area contributed by atoms with Gasteiger partial charge >= 0.3 is 0 Å². The Morgan fingerprint density at radius 1 is 1.45 bits per heavy atom. The fourth-order valence-corrected chi connectivity index (χ4v) is 0.866. The first kappa shape index (κ1) is 10.4. The van der Waals surface area contributed by atoms with Crippen LogP contribution in [0.2, 0.25) is 0 Å². The summed E-state index contributed by atoms with van der Waals surface area (Å²) in [5, 5.41) is 7.55. The lowest BCUT2D eigenvalue weighted by Gasteiger charge is -2.04. The van der Waals surface area contributed by atoms with E-state index < -0.39 is 0 Å². The van der Waals surface area contributed by atoms with Crippen molar-refractivity contribution >= 4 is 5.71 Å². The van der Waals surface area contributed by atoms with Crippen molar-refractivity contribution in [1.82, 2.24) is 0 Å². The second-order valence-corrected chi connectivity index (χ2v) is 3.14. The van der Waals surface area contributed by atoms with E-state index in [1.165, 1.54) is 0 Å². The fraction of sp³-hybridized carbons (Fsp3) is 0.700. The van der Waals surface area contributed by atoms with Gasteiger partial charge in [-0.15, -0.1) is 0 Å². The third-order valence-electron chi connectivity index (χ3n) is 1.75. The minimum Gasteiger partial charge on any atom is -0.309 e. The van der Waals surface area contributed by atoms with Crippen molar-refractivity contribution in [3.05, 3.63) is 12.2 Å². The molecule has 11 heavy (non-hydrogen) atoms. The number of rotatable bonds is 5. The lowest BCUT2D eigenvalue weighted by atomic mass is 10.0. The second-order valence-electron chi connectivity index (χ2n) is 3.14. The van der Waals surface area contributed by atoms with Gasteiger partial charge in [0.1, 0.15) is 0 Å². The first-order valence-corrected chi connectivity index (χ1v) is 4.37. The van der Waals surface area contributed by atoms with Crippen LogP contribution in [0.1, 0.15) is 40.0 Å². The van der Waals surface area contributed by atoms with Gasteiger partial charge in [-0.1, -0.05) is 26.0 Å². The van der Waals surface area contributed by atoms with Gasteiger partial charge in [0.2, 0.25) is 0 Å². The van der Waals surface area contributed by atoms with Crippen molar-refractivity contribution in [1.29, 1.82) is 5.41 Å². The van der Waals surface area contributed by atoms with Gasteiger partial charge in [-0.05, 0) is 32.1 Å². The summed E-state index contributed by atoms with van der Waals surface area (Å²) in [4.78, 5) is 0. The Kier molecular flexibility index (Phi) is 5.81. The maximum absolute atomic E-state index is 7.55. The number of unbranched alkanes of at least 4 members (excludes halogenated alkanes) is 1. The Balaban J connectivity index is 3.32. The quantitative estimate of drug-likeness (QED) is 0.355. The summed E-state index contributed by atoms with van der Waals surface area (Å²) in [7, 11) is 0. The summed E-state index contributed by atoms with van der Waals surface area (Å²) in [5.74, 6) is 0.431. The van der Waals surface area contributed by atoms with Crippen LogP contribution in [0, 0.1) is 11.3 Å². The molecule has 0 aromatic carbocycles. The van der Waals surface area contributed by atoms with Crippen LogP contribution in [-0.2, 0) is 0 Å². The molecule has 0 aliphatic heterocycles. The molecule has 1 nitrogen and oxygen atoms in total. The summed E-state index contributed by atoms with van der Waals surface area (Å²) in [6, 6.07) is 0. The molecule has 0 rings (SSSR count). The SMILES string of the molecule is C/C=C\CCCC(=N)C(C)C.